The zero-order valence-corrected chi connectivity index (χ0v) is 19.9. The Balaban J connectivity index is 1.20. The highest BCUT2D eigenvalue weighted by Crippen LogP contribution is 2.43. The molecule has 3 fully saturated rings. The largest absolute Gasteiger partial charge is 0.374 e. The van der Waals surface area contributed by atoms with Gasteiger partial charge in [-0.1, -0.05) is 46.4 Å². The van der Waals surface area contributed by atoms with Crippen LogP contribution in [0.2, 0.25) is 0 Å². The van der Waals surface area contributed by atoms with Gasteiger partial charge in [0.2, 0.25) is 0 Å². The van der Waals surface area contributed by atoms with E-state index in [1.165, 1.54) is 81.9 Å². The molecule has 0 radical (unpaired) electrons. The molecule has 0 atom stereocenters. The monoisotopic (exact) mass is 409 g/mol. The maximum absolute atomic E-state index is 4.48. The fraction of sp³-hybridized carbons (Fsp3) is 0.704. The van der Waals surface area contributed by atoms with E-state index < -0.39 is 0 Å². The molecule has 1 aromatic carbocycles. The van der Waals surface area contributed by atoms with E-state index in [-0.39, 0.29) is 0 Å². The zero-order chi connectivity index (χ0) is 21.3. The van der Waals surface area contributed by atoms with Gasteiger partial charge in [-0.2, -0.15) is 0 Å². The van der Waals surface area contributed by atoms with Gasteiger partial charge in [0.25, 0.3) is 0 Å². The maximum atomic E-state index is 4.48. The van der Waals surface area contributed by atoms with Crippen molar-refractivity contribution in [1.82, 2.24) is 9.80 Å². The van der Waals surface area contributed by atoms with Crippen molar-refractivity contribution in [2.45, 2.75) is 59.3 Å². The molecule has 1 aromatic rings. The first-order valence-electron chi connectivity index (χ1n) is 12.4. The van der Waals surface area contributed by atoms with E-state index >= 15 is 0 Å². The van der Waals surface area contributed by atoms with Crippen molar-refractivity contribution in [2.75, 3.05) is 50.7 Å². The minimum Gasteiger partial charge on any atom is -0.374 e. The molecule has 0 aliphatic carbocycles. The summed E-state index contributed by atoms with van der Waals surface area (Å²) in [5.41, 5.74) is 4.74. The average Bonchev–Trinajstić information content (AvgIpc) is 2.72. The van der Waals surface area contributed by atoms with Gasteiger partial charge < -0.3 is 9.80 Å². The van der Waals surface area contributed by atoms with Gasteiger partial charge in [0, 0.05) is 49.5 Å². The predicted molar refractivity (Wildman–Crippen MR) is 129 cm³/mol. The smallest absolute Gasteiger partial charge is 0.0377 e. The van der Waals surface area contributed by atoms with E-state index in [9.17, 15) is 0 Å². The Morgan fingerprint density at radius 3 is 2.10 bits per heavy atom. The summed E-state index contributed by atoms with van der Waals surface area (Å²) < 4.78 is 0. The number of piperidine rings is 2. The average molecular weight is 410 g/mol. The lowest BCUT2D eigenvalue weighted by molar-refractivity contribution is 0.0854. The fourth-order valence-electron chi connectivity index (χ4n) is 5.77. The van der Waals surface area contributed by atoms with Gasteiger partial charge in [-0.25, -0.2) is 0 Å². The molecule has 0 bridgehead atoms. The van der Waals surface area contributed by atoms with Crippen LogP contribution >= 0.6 is 0 Å². The first-order valence-corrected chi connectivity index (χ1v) is 12.4. The van der Waals surface area contributed by atoms with Gasteiger partial charge in [0.05, 0.1) is 0 Å². The van der Waals surface area contributed by atoms with E-state index in [2.05, 4.69) is 73.2 Å². The van der Waals surface area contributed by atoms with Crippen LogP contribution in [0.3, 0.4) is 0 Å². The molecule has 4 rings (SSSR count). The lowest BCUT2D eigenvalue weighted by Gasteiger charge is -2.55. The number of anilines is 1. The van der Waals surface area contributed by atoms with Gasteiger partial charge in [0.15, 0.2) is 0 Å². The van der Waals surface area contributed by atoms with E-state index in [4.69, 9.17) is 0 Å². The third kappa shape index (κ3) is 4.72. The Hall–Kier alpha value is -1.48. The van der Waals surface area contributed by atoms with Crippen molar-refractivity contribution in [3.63, 3.8) is 0 Å². The van der Waals surface area contributed by atoms with Gasteiger partial charge in [0.1, 0.15) is 0 Å². The molecule has 166 valence electrons. The quantitative estimate of drug-likeness (QED) is 0.606. The molecule has 0 amide bonds. The summed E-state index contributed by atoms with van der Waals surface area (Å²) in [4.78, 5) is 7.80. The highest BCUT2D eigenvalue weighted by molar-refractivity contribution is 5.51. The highest BCUT2D eigenvalue weighted by Gasteiger charge is 2.45. The van der Waals surface area contributed by atoms with Crippen LogP contribution in [0.1, 0.15) is 64.9 Å². The van der Waals surface area contributed by atoms with Crippen molar-refractivity contribution >= 4 is 5.69 Å². The molecule has 30 heavy (non-hydrogen) atoms. The van der Waals surface area contributed by atoms with E-state index in [0.29, 0.717) is 11.3 Å². The van der Waals surface area contributed by atoms with Crippen LogP contribution in [-0.2, 0) is 0 Å². The summed E-state index contributed by atoms with van der Waals surface area (Å²) in [7, 11) is 0. The zero-order valence-electron chi connectivity index (χ0n) is 19.9. The van der Waals surface area contributed by atoms with E-state index in [1.54, 1.807) is 0 Å². The number of likely N-dealkylation sites (tertiary alicyclic amines) is 2. The van der Waals surface area contributed by atoms with Crippen LogP contribution < -0.4 is 4.90 Å². The lowest BCUT2D eigenvalue weighted by Crippen LogP contribution is -2.60. The third-order valence-corrected chi connectivity index (χ3v) is 8.23. The minimum absolute atomic E-state index is 0.545. The molecule has 0 saturated carbocycles. The Labute approximate surface area is 185 Å². The topological polar surface area (TPSA) is 9.72 Å². The second-order valence-electron chi connectivity index (χ2n) is 11.0. The number of hydrogen-bond donors (Lipinski definition) is 0. The first-order chi connectivity index (χ1) is 14.3. The molecule has 3 heteroatoms. The molecule has 3 saturated heterocycles. The molecule has 1 spiro atoms. The molecule has 3 aliphatic heterocycles. The van der Waals surface area contributed by atoms with Gasteiger partial charge in [-0.15, -0.1) is 0 Å². The summed E-state index contributed by atoms with van der Waals surface area (Å²) in [5.74, 6) is 2.37. The Kier molecular flexibility index (Phi) is 6.48. The Morgan fingerprint density at radius 1 is 0.967 bits per heavy atom. The van der Waals surface area contributed by atoms with Crippen molar-refractivity contribution in [1.29, 1.82) is 0 Å². The van der Waals surface area contributed by atoms with Crippen molar-refractivity contribution in [3.8, 4) is 0 Å². The van der Waals surface area contributed by atoms with Crippen LogP contribution in [-0.4, -0.2) is 55.6 Å². The second-order valence-corrected chi connectivity index (χ2v) is 11.0. The summed E-state index contributed by atoms with van der Waals surface area (Å²) >= 11 is 0. The number of benzene rings is 1. The van der Waals surface area contributed by atoms with Gasteiger partial charge in [-0.3, -0.25) is 4.90 Å². The summed E-state index contributed by atoms with van der Waals surface area (Å²) in [6.45, 7) is 22.2. The minimum atomic E-state index is 0.545. The van der Waals surface area contributed by atoms with Crippen LogP contribution in [0.15, 0.2) is 36.5 Å². The summed E-state index contributed by atoms with van der Waals surface area (Å²) in [6, 6.07) is 9.26. The second kappa shape index (κ2) is 8.94. The fourth-order valence-corrected chi connectivity index (χ4v) is 5.77. The van der Waals surface area contributed by atoms with Crippen LogP contribution in [0.25, 0.3) is 0 Å². The normalized spacial score (nSPS) is 22.7. The van der Waals surface area contributed by atoms with Gasteiger partial charge in [-0.05, 0) is 74.2 Å². The molecular formula is C27H43N3. The number of hydrogen-bond acceptors (Lipinski definition) is 3. The van der Waals surface area contributed by atoms with Crippen LogP contribution in [0.5, 0.6) is 0 Å². The Bertz CT molecular complexity index is 696. The summed E-state index contributed by atoms with van der Waals surface area (Å²) in [5, 5.41) is 0. The molecule has 3 aliphatic rings. The van der Waals surface area contributed by atoms with Crippen molar-refractivity contribution in [3.05, 3.63) is 42.1 Å². The lowest BCUT2D eigenvalue weighted by atomic mass is 9.71. The van der Waals surface area contributed by atoms with E-state index in [0.717, 1.165) is 18.4 Å². The maximum Gasteiger partial charge on any atom is 0.0377 e. The molecular weight excluding hydrogens is 366 g/mol. The SMILES string of the molecule is C=C(CN1CCC(C(C)C)CC1)N1CCC2(CC1)CN(c1ccc(C(C)C)cc1)C2. The summed E-state index contributed by atoms with van der Waals surface area (Å²) in [6.07, 6.45) is 5.37. The van der Waals surface area contributed by atoms with Crippen LogP contribution in [0, 0.1) is 17.3 Å². The highest BCUT2D eigenvalue weighted by atomic mass is 15.2. The molecule has 3 heterocycles. The number of nitrogens with zero attached hydrogens (tertiary/aromatic N) is 3. The number of rotatable bonds is 6. The van der Waals surface area contributed by atoms with Gasteiger partial charge >= 0.3 is 0 Å². The van der Waals surface area contributed by atoms with Crippen molar-refractivity contribution in [2.24, 2.45) is 17.3 Å². The third-order valence-electron chi connectivity index (χ3n) is 8.23. The van der Waals surface area contributed by atoms with Crippen molar-refractivity contribution < 1.29 is 0 Å². The molecule has 0 N–H and O–H groups in total. The molecule has 3 nitrogen and oxygen atoms in total. The Morgan fingerprint density at radius 2 is 1.57 bits per heavy atom. The van der Waals surface area contributed by atoms with Crippen LogP contribution in [0.4, 0.5) is 5.69 Å². The van der Waals surface area contributed by atoms with E-state index in [1.807, 2.05) is 0 Å². The standard InChI is InChI=1S/C27H43N3/c1-21(2)24-6-8-26(9-7-24)30-19-27(20-30)12-16-29(17-13-27)23(5)18-28-14-10-25(11-15-28)22(3)4/h6-9,21-22,25H,5,10-20H2,1-4H3. The molecule has 0 unspecified atom stereocenters. The first kappa shape index (κ1) is 21.7. The predicted octanol–water partition coefficient (Wildman–Crippen LogP) is 5.59. The molecule has 0 aromatic heterocycles.